The van der Waals surface area contributed by atoms with Crippen molar-refractivity contribution in [2.24, 2.45) is 10.2 Å². The van der Waals surface area contributed by atoms with E-state index in [4.69, 9.17) is 0 Å². The number of carboxylic acid groups (broad SMARTS) is 1. The fourth-order valence-corrected chi connectivity index (χ4v) is 3.96. The number of nitrogens with one attached hydrogen (secondary N) is 1. The third-order valence-corrected chi connectivity index (χ3v) is 5.98. The molecule has 1 aliphatic heterocycles. The van der Waals surface area contributed by atoms with Crippen LogP contribution in [0.3, 0.4) is 0 Å². The van der Waals surface area contributed by atoms with Crippen LogP contribution in [0.4, 0.5) is 11.4 Å². The standard InChI is InChI=1S/C28H28N4O4/c1-16-9-14-23(33)22(15-16)20-7-6-8-21(27(35)36)25(20)30-29-24-17(2)31-32(26(24)34)19-12-10-18(11-13-19)28(3,4)5/h6-15,30,33H,1-5H3,(H,35,36). The molecule has 8 heteroatoms. The maximum absolute atomic E-state index is 13.2. The summed E-state index contributed by atoms with van der Waals surface area (Å²) in [5, 5.41) is 30.1. The van der Waals surface area contributed by atoms with E-state index >= 15 is 0 Å². The molecular formula is C28H28N4O4. The first-order valence-electron chi connectivity index (χ1n) is 11.5. The molecule has 8 nitrogen and oxygen atoms in total. The van der Waals surface area contributed by atoms with Gasteiger partial charge >= 0.3 is 11.9 Å². The molecule has 1 aliphatic rings. The number of aromatic hydroxyl groups is 1. The molecule has 3 aromatic carbocycles. The molecule has 0 radical (unpaired) electrons. The zero-order chi connectivity index (χ0) is 26.2. The van der Waals surface area contributed by atoms with Crippen molar-refractivity contribution in [3.63, 3.8) is 0 Å². The second-order valence-corrected chi connectivity index (χ2v) is 9.73. The maximum Gasteiger partial charge on any atom is 0.337 e. The molecule has 0 bridgehead atoms. The highest BCUT2D eigenvalue weighted by atomic mass is 16.4. The Morgan fingerprint density at radius 3 is 2.33 bits per heavy atom. The van der Waals surface area contributed by atoms with Crippen molar-refractivity contribution in [2.75, 3.05) is 10.4 Å². The molecule has 0 aliphatic carbocycles. The Bertz CT molecular complexity index is 1420. The van der Waals surface area contributed by atoms with E-state index in [1.54, 1.807) is 37.3 Å². The van der Waals surface area contributed by atoms with Crippen LogP contribution in [0.2, 0.25) is 0 Å². The highest BCUT2D eigenvalue weighted by Gasteiger charge is 2.31. The molecule has 0 spiro atoms. The number of aryl methyl sites for hydroxylation is 1. The summed E-state index contributed by atoms with van der Waals surface area (Å²) in [6, 6.07) is 17.4. The second kappa shape index (κ2) is 9.30. The van der Waals surface area contributed by atoms with Gasteiger partial charge in [-0.2, -0.15) is 15.2 Å². The van der Waals surface area contributed by atoms with Crippen molar-refractivity contribution in [3.05, 3.63) is 77.4 Å². The third-order valence-electron chi connectivity index (χ3n) is 5.98. The number of rotatable bonds is 5. The summed E-state index contributed by atoms with van der Waals surface area (Å²) in [6.45, 7) is 9.87. The summed E-state index contributed by atoms with van der Waals surface area (Å²) >= 11 is 0. The Balaban J connectivity index is 1.70. The molecule has 4 rings (SSSR count). The van der Waals surface area contributed by atoms with Crippen LogP contribution in [0.1, 0.15) is 49.2 Å². The molecule has 0 saturated heterocycles. The molecule has 0 aromatic heterocycles. The van der Waals surface area contributed by atoms with Crippen LogP contribution in [0.5, 0.6) is 5.75 Å². The first kappa shape index (κ1) is 24.7. The molecule has 3 aromatic rings. The Morgan fingerprint density at radius 2 is 1.69 bits per heavy atom. The summed E-state index contributed by atoms with van der Waals surface area (Å²) in [7, 11) is 0. The van der Waals surface area contributed by atoms with Crippen LogP contribution in [0.25, 0.3) is 11.1 Å². The minimum Gasteiger partial charge on any atom is -0.507 e. The monoisotopic (exact) mass is 484 g/mol. The molecule has 0 fully saturated rings. The van der Waals surface area contributed by atoms with Gasteiger partial charge in [0.1, 0.15) is 5.75 Å². The number of amides is 1. The van der Waals surface area contributed by atoms with Gasteiger partial charge < -0.3 is 10.2 Å². The van der Waals surface area contributed by atoms with Crippen LogP contribution in [-0.4, -0.2) is 33.5 Å². The molecule has 0 atom stereocenters. The van der Waals surface area contributed by atoms with E-state index in [9.17, 15) is 19.8 Å². The van der Waals surface area contributed by atoms with Gasteiger partial charge in [0, 0.05) is 11.1 Å². The molecule has 0 saturated carbocycles. The van der Waals surface area contributed by atoms with Crippen molar-refractivity contribution in [3.8, 4) is 16.9 Å². The molecule has 0 unspecified atom stereocenters. The first-order chi connectivity index (χ1) is 17.0. The lowest BCUT2D eigenvalue weighted by Gasteiger charge is -2.20. The second-order valence-electron chi connectivity index (χ2n) is 9.73. The van der Waals surface area contributed by atoms with Crippen molar-refractivity contribution >= 4 is 34.7 Å². The number of phenols is 1. The largest absolute Gasteiger partial charge is 0.507 e. The quantitative estimate of drug-likeness (QED) is 0.411. The third kappa shape index (κ3) is 4.70. The molecule has 184 valence electrons. The number of carbonyl (C=O) groups excluding carboxylic acids is 1. The zero-order valence-electron chi connectivity index (χ0n) is 20.8. The van der Waals surface area contributed by atoms with Crippen molar-refractivity contribution in [1.29, 1.82) is 0 Å². The highest BCUT2D eigenvalue weighted by Crippen LogP contribution is 2.37. The van der Waals surface area contributed by atoms with Crippen molar-refractivity contribution < 1.29 is 19.8 Å². The number of para-hydroxylation sites is 1. The first-order valence-corrected chi connectivity index (χ1v) is 11.5. The van der Waals surface area contributed by atoms with Crippen molar-refractivity contribution in [1.82, 2.24) is 0 Å². The number of anilines is 2. The van der Waals surface area contributed by atoms with E-state index in [1.807, 2.05) is 31.2 Å². The summed E-state index contributed by atoms with van der Waals surface area (Å²) in [4.78, 5) is 25.1. The van der Waals surface area contributed by atoms with Gasteiger partial charge in [0.15, 0.2) is 5.71 Å². The number of benzene rings is 3. The molecular weight excluding hydrogens is 456 g/mol. The van der Waals surface area contributed by atoms with E-state index < -0.39 is 11.9 Å². The number of hydrogen-bond donors (Lipinski definition) is 3. The number of carbonyl (C=O) groups is 2. The van der Waals surface area contributed by atoms with Crippen LogP contribution < -0.4 is 10.4 Å². The Hall–Kier alpha value is -4.46. The average Bonchev–Trinajstić information content (AvgIpc) is 3.11. The number of phenolic OH excluding ortho intramolecular Hbond substituents is 1. The van der Waals surface area contributed by atoms with Gasteiger partial charge in [-0.3, -0.25) is 10.2 Å². The lowest BCUT2D eigenvalue weighted by atomic mass is 9.87. The van der Waals surface area contributed by atoms with Crippen LogP contribution in [-0.2, 0) is 10.2 Å². The molecule has 3 N–H and O–H groups in total. The Labute approximate surface area is 209 Å². The van der Waals surface area contributed by atoms with Gasteiger partial charge in [-0.25, -0.2) is 4.79 Å². The van der Waals surface area contributed by atoms with Crippen LogP contribution in [0, 0.1) is 6.92 Å². The van der Waals surface area contributed by atoms with E-state index in [1.165, 1.54) is 11.1 Å². The lowest BCUT2D eigenvalue weighted by molar-refractivity contribution is -0.112. The summed E-state index contributed by atoms with van der Waals surface area (Å²) in [6.07, 6.45) is 0. The maximum atomic E-state index is 13.2. The predicted molar refractivity (Wildman–Crippen MR) is 142 cm³/mol. The van der Waals surface area contributed by atoms with E-state index in [-0.39, 0.29) is 28.1 Å². The number of carboxylic acids is 1. The number of nitrogens with zero attached hydrogens (tertiary/aromatic N) is 3. The van der Waals surface area contributed by atoms with Gasteiger partial charge in [-0.05, 0) is 55.2 Å². The highest BCUT2D eigenvalue weighted by molar-refractivity contribution is 6.71. The molecule has 1 amide bonds. The summed E-state index contributed by atoms with van der Waals surface area (Å²) in [5.74, 6) is -1.61. The van der Waals surface area contributed by atoms with E-state index in [0.29, 0.717) is 22.5 Å². The molecule has 36 heavy (non-hydrogen) atoms. The minimum atomic E-state index is -1.17. The minimum absolute atomic E-state index is 0.00148. The van der Waals surface area contributed by atoms with Crippen molar-refractivity contribution in [2.45, 2.75) is 40.0 Å². The predicted octanol–water partition coefficient (Wildman–Crippen LogP) is 5.55. The van der Waals surface area contributed by atoms with E-state index in [2.05, 4.69) is 36.4 Å². The van der Waals surface area contributed by atoms with Crippen LogP contribution >= 0.6 is 0 Å². The SMILES string of the molecule is CC1=NN(c2ccc(C(C)(C)C)cc2)C(=O)C1=NNc1c(C(=O)O)cccc1-c1cc(C)ccc1O. The van der Waals surface area contributed by atoms with Gasteiger partial charge in [0.25, 0.3) is 0 Å². The zero-order valence-corrected chi connectivity index (χ0v) is 20.8. The molecule has 1 heterocycles. The normalized spacial score (nSPS) is 14.8. The van der Waals surface area contributed by atoms with E-state index in [0.717, 1.165) is 11.1 Å². The smallest absolute Gasteiger partial charge is 0.337 e. The lowest BCUT2D eigenvalue weighted by Crippen LogP contribution is -2.28. The number of hydrazone groups is 2. The Morgan fingerprint density at radius 1 is 1.00 bits per heavy atom. The van der Waals surface area contributed by atoms with Crippen LogP contribution in [0.15, 0.2) is 70.9 Å². The number of hydrogen-bond acceptors (Lipinski definition) is 6. The topological polar surface area (TPSA) is 115 Å². The van der Waals surface area contributed by atoms with Gasteiger partial charge in [-0.1, -0.05) is 56.7 Å². The fourth-order valence-electron chi connectivity index (χ4n) is 3.96. The van der Waals surface area contributed by atoms with Gasteiger partial charge in [-0.15, -0.1) is 0 Å². The van der Waals surface area contributed by atoms with Gasteiger partial charge in [0.05, 0.1) is 22.6 Å². The summed E-state index contributed by atoms with van der Waals surface area (Å²) < 4.78 is 0. The summed E-state index contributed by atoms with van der Waals surface area (Å²) in [5.41, 5.74) is 6.84. The van der Waals surface area contributed by atoms with Gasteiger partial charge in [0.2, 0.25) is 0 Å². The average molecular weight is 485 g/mol. The Kier molecular flexibility index (Phi) is 6.37. The number of aromatic carboxylic acids is 1. The fraction of sp³-hybridized carbons (Fsp3) is 0.214.